The predicted octanol–water partition coefficient (Wildman–Crippen LogP) is 3.16. The van der Waals surface area contributed by atoms with Gasteiger partial charge in [-0.2, -0.15) is 0 Å². The van der Waals surface area contributed by atoms with Gasteiger partial charge < -0.3 is 14.5 Å². The molecule has 3 aromatic rings. The molecule has 0 saturated carbocycles. The number of nitrogens with one attached hydrogen (secondary N) is 1. The second-order valence-corrected chi connectivity index (χ2v) is 6.26. The summed E-state index contributed by atoms with van der Waals surface area (Å²) in [6, 6.07) is 16.7. The highest BCUT2D eigenvalue weighted by molar-refractivity contribution is 5.94. The van der Waals surface area contributed by atoms with Crippen LogP contribution in [0, 0.1) is 6.92 Å². The zero-order chi connectivity index (χ0) is 18.4. The number of benzene rings is 1. The van der Waals surface area contributed by atoms with Crippen molar-refractivity contribution in [3.63, 3.8) is 0 Å². The van der Waals surface area contributed by atoms with Crippen LogP contribution in [0.1, 0.15) is 28.9 Å². The van der Waals surface area contributed by atoms with Crippen LogP contribution in [-0.2, 0) is 6.54 Å². The summed E-state index contributed by atoms with van der Waals surface area (Å²) in [6.07, 6.45) is 5.61. The first-order valence-electron chi connectivity index (χ1n) is 8.83. The fourth-order valence-corrected chi connectivity index (χ4v) is 2.90. The maximum absolute atomic E-state index is 12.2. The molecule has 2 heterocycles. The summed E-state index contributed by atoms with van der Waals surface area (Å²) < 4.78 is 3.76. The summed E-state index contributed by atoms with van der Waals surface area (Å²) in [7, 11) is 0. The van der Waals surface area contributed by atoms with Crippen molar-refractivity contribution < 1.29 is 4.79 Å². The largest absolute Gasteiger partial charge is 0.352 e. The van der Waals surface area contributed by atoms with Gasteiger partial charge in [0.05, 0.1) is 0 Å². The van der Waals surface area contributed by atoms with E-state index < -0.39 is 0 Å². The lowest BCUT2D eigenvalue weighted by Gasteiger charge is -2.10. The van der Waals surface area contributed by atoms with Crippen molar-refractivity contribution in [1.82, 2.24) is 14.5 Å². The first-order valence-corrected chi connectivity index (χ1v) is 8.83. The fourth-order valence-electron chi connectivity index (χ4n) is 2.90. The Kier molecular flexibility index (Phi) is 5.69. The van der Waals surface area contributed by atoms with E-state index in [-0.39, 0.29) is 11.5 Å². The molecule has 0 fully saturated rings. The van der Waals surface area contributed by atoms with Crippen LogP contribution in [0.4, 0.5) is 0 Å². The van der Waals surface area contributed by atoms with Gasteiger partial charge in [-0.05, 0) is 62.2 Å². The van der Waals surface area contributed by atoms with Crippen LogP contribution >= 0.6 is 0 Å². The third-order valence-corrected chi connectivity index (χ3v) is 4.39. The average molecular weight is 349 g/mol. The van der Waals surface area contributed by atoms with Gasteiger partial charge in [-0.3, -0.25) is 9.59 Å². The molecule has 26 heavy (non-hydrogen) atoms. The number of pyridine rings is 1. The van der Waals surface area contributed by atoms with E-state index in [1.165, 1.54) is 0 Å². The van der Waals surface area contributed by atoms with Gasteiger partial charge in [0.15, 0.2) is 0 Å². The Balaban J connectivity index is 1.45. The van der Waals surface area contributed by atoms with Crippen molar-refractivity contribution in [2.45, 2.75) is 26.3 Å². The molecule has 0 radical (unpaired) electrons. The Hall–Kier alpha value is -3.08. The zero-order valence-electron chi connectivity index (χ0n) is 14.9. The predicted molar refractivity (Wildman–Crippen MR) is 103 cm³/mol. The molecule has 0 atom stereocenters. The van der Waals surface area contributed by atoms with Crippen LogP contribution in [0.2, 0.25) is 0 Å². The molecule has 1 aromatic carbocycles. The summed E-state index contributed by atoms with van der Waals surface area (Å²) in [5, 5.41) is 2.94. The number of nitrogens with zero attached hydrogens (tertiary/aromatic N) is 2. The van der Waals surface area contributed by atoms with Gasteiger partial charge in [0.2, 0.25) is 0 Å². The lowest BCUT2D eigenvalue weighted by Crippen LogP contribution is -2.25. The van der Waals surface area contributed by atoms with E-state index in [9.17, 15) is 9.59 Å². The Morgan fingerprint density at radius 1 is 0.962 bits per heavy atom. The van der Waals surface area contributed by atoms with Crippen LogP contribution in [0.15, 0.2) is 71.8 Å². The molecule has 0 aliphatic rings. The normalized spacial score (nSPS) is 10.7. The van der Waals surface area contributed by atoms with Gasteiger partial charge >= 0.3 is 0 Å². The van der Waals surface area contributed by atoms with Crippen molar-refractivity contribution >= 4 is 5.91 Å². The SMILES string of the molecule is Cc1cccc(=O)n1CCCCNC(=O)c1ccc(-n2cccc2)cc1. The van der Waals surface area contributed by atoms with Crippen LogP contribution in [0.5, 0.6) is 0 Å². The summed E-state index contributed by atoms with van der Waals surface area (Å²) in [5.41, 5.74) is 2.66. The average Bonchev–Trinajstić information content (AvgIpc) is 3.18. The maximum Gasteiger partial charge on any atom is 0.251 e. The van der Waals surface area contributed by atoms with Gasteiger partial charge in [-0.25, -0.2) is 0 Å². The lowest BCUT2D eigenvalue weighted by atomic mass is 10.2. The van der Waals surface area contributed by atoms with E-state index in [1.807, 2.05) is 66.3 Å². The fraction of sp³-hybridized carbons (Fsp3) is 0.238. The topological polar surface area (TPSA) is 56.0 Å². The molecule has 0 spiro atoms. The molecule has 0 aliphatic heterocycles. The number of rotatable bonds is 7. The van der Waals surface area contributed by atoms with E-state index in [4.69, 9.17) is 0 Å². The molecule has 2 aromatic heterocycles. The van der Waals surface area contributed by atoms with E-state index in [2.05, 4.69) is 5.32 Å². The molecule has 0 bridgehead atoms. The number of hydrogen-bond donors (Lipinski definition) is 1. The number of hydrogen-bond acceptors (Lipinski definition) is 2. The highest BCUT2D eigenvalue weighted by atomic mass is 16.1. The first kappa shape index (κ1) is 17.7. The second-order valence-electron chi connectivity index (χ2n) is 6.26. The molecule has 1 amide bonds. The van der Waals surface area contributed by atoms with E-state index >= 15 is 0 Å². The Morgan fingerprint density at radius 2 is 1.69 bits per heavy atom. The minimum Gasteiger partial charge on any atom is -0.352 e. The molecular formula is C21H23N3O2. The van der Waals surface area contributed by atoms with Crippen LogP contribution in [0.25, 0.3) is 5.69 Å². The summed E-state index contributed by atoms with van der Waals surface area (Å²) >= 11 is 0. The maximum atomic E-state index is 12.2. The van der Waals surface area contributed by atoms with Crippen molar-refractivity contribution in [2.75, 3.05) is 6.54 Å². The van der Waals surface area contributed by atoms with Gasteiger partial charge in [0.25, 0.3) is 11.5 Å². The molecule has 3 rings (SSSR count). The van der Waals surface area contributed by atoms with Crippen molar-refractivity contribution in [3.8, 4) is 5.69 Å². The Bertz CT molecular complexity index is 909. The number of aryl methyl sites for hydroxylation is 1. The standard InChI is InChI=1S/C21H23N3O2/c1-17-7-6-8-20(25)24(17)16-3-2-13-22-21(26)18-9-11-19(12-10-18)23-14-4-5-15-23/h4-12,14-15H,2-3,13,16H2,1H3,(H,22,26). The van der Waals surface area contributed by atoms with Crippen molar-refractivity contribution in [2.24, 2.45) is 0 Å². The molecule has 5 nitrogen and oxygen atoms in total. The smallest absolute Gasteiger partial charge is 0.251 e. The van der Waals surface area contributed by atoms with Crippen molar-refractivity contribution in [3.05, 3.63) is 88.6 Å². The van der Waals surface area contributed by atoms with Gasteiger partial charge in [-0.15, -0.1) is 0 Å². The molecule has 0 aliphatic carbocycles. The van der Waals surface area contributed by atoms with Crippen molar-refractivity contribution in [1.29, 1.82) is 0 Å². The van der Waals surface area contributed by atoms with E-state index in [1.54, 1.807) is 16.7 Å². The molecule has 134 valence electrons. The van der Waals surface area contributed by atoms with Gasteiger partial charge in [0.1, 0.15) is 0 Å². The third-order valence-electron chi connectivity index (χ3n) is 4.39. The molecular weight excluding hydrogens is 326 g/mol. The Labute approximate surface area is 152 Å². The van der Waals surface area contributed by atoms with E-state index in [0.29, 0.717) is 18.7 Å². The minimum absolute atomic E-state index is 0.0248. The third kappa shape index (κ3) is 4.30. The second kappa shape index (κ2) is 8.34. The monoisotopic (exact) mass is 349 g/mol. The van der Waals surface area contributed by atoms with E-state index in [0.717, 1.165) is 24.2 Å². The van der Waals surface area contributed by atoms with Crippen LogP contribution in [-0.4, -0.2) is 21.6 Å². The summed E-state index contributed by atoms with van der Waals surface area (Å²) in [4.78, 5) is 24.0. The number of unbranched alkanes of at least 4 members (excludes halogenated alkanes) is 1. The summed E-state index contributed by atoms with van der Waals surface area (Å²) in [6.45, 7) is 3.20. The molecule has 5 heteroatoms. The molecule has 1 N–H and O–H groups in total. The number of carbonyl (C=O) groups excluding carboxylic acids is 1. The van der Waals surface area contributed by atoms with Crippen LogP contribution in [0.3, 0.4) is 0 Å². The summed E-state index contributed by atoms with van der Waals surface area (Å²) in [5.74, 6) is -0.0721. The molecule has 0 unspecified atom stereocenters. The highest BCUT2D eigenvalue weighted by Crippen LogP contribution is 2.10. The molecule has 0 saturated heterocycles. The number of amides is 1. The Morgan fingerprint density at radius 3 is 2.38 bits per heavy atom. The lowest BCUT2D eigenvalue weighted by molar-refractivity contribution is 0.0953. The quantitative estimate of drug-likeness (QED) is 0.666. The number of carbonyl (C=O) groups is 1. The van der Waals surface area contributed by atoms with Gasteiger partial charge in [-0.1, -0.05) is 6.07 Å². The van der Waals surface area contributed by atoms with Crippen LogP contribution < -0.4 is 10.9 Å². The first-order chi connectivity index (χ1) is 12.6. The minimum atomic E-state index is -0.0721. The number of aromatic nitrogens is 2. The zero-order valence-corrected chi connectivity index (χ0v) is 14.9. The van der Waals surface area contributed by atoms with Gasteiger partial charge in [0, 0.05) is 48.5 Å². The highest BCUT2D eigenvalue weighted by Gasteiger charge is 2.05.